The van der Waals surface area contributed by atoms with Crippen molar-refractivity contribution in [1.82, 2.24) is 9.29 Å². The van der Waals surface area contributed by atoms with Crippen molar-refractivity contribution in [3.05, 3.63) is 52.3 Å². The zero-order valence-electron chi connectivity index (χ0n) is 15.6. The maximum Gasteiger partial charge on any atom is 0.245 e. The van der Waals surface area contributed by atoms with Gasteiger partial charge in [-0.15, -0.1) is 0 Å². The van der Waals surface area contributed by atoms with Gasteiger partial charge in [0.05, 0.1) is 5.69 Å². The molecule has 2 aromatic rings. The van der Waals surface area contributed by atoms with E-state index in [-0.39, 0.29) is 10.8 Å². The lowest BCUT2D eigenvalue weighted by molar-refractivity contribution is -0.116. The molecule has 8 heteroatoms. The Kier molecular flexibility index (Phi) is 5.28. The highest BCUT2D eigenvalue weighted by Gasteiger charge is 2.36. The second-order valence-electron chi connectivity index (χ2n) is 7.29. The normalized spacial score (nSPS) is 18.3. The number of fused-ring (bicyclic) bond motifs is 1. The summed E-state index contributed by atoms with van der Waals surface area (Å²) in [5.41, 5.74) is 2.65. The van der Waals surface area contributed by atoms with Crippen LogP contribution in [-0.4, -0.2) is 43.2 Å². The number of halogens is 1. The van der Waals surface area contributed by atoms with Gasteiger partial charge in [0.15, 0.2) is 0 Å². The van der Waals surface area contributed by atoms with Crippen molar-refractivity contribution in [1.29, 1.82) is 0 Å². The molecule has 3 heterocycles. The molecule has 0 N–H and O–H groups in total. The van der Waals surface area contributed by atoms with Gasteiger partial charge in [0.25, 0.3) is 0 Å². The third-order valence-electron chi connectivity index (χ3n) is 5.62. The Morgan fingerprint density at radius 1 is 1.14 bits per heavy atom. The van der Waals surface area contributed by atoms with E-state index in [2.05, 4.69) is 20.9 Å². The van der Waals surface area contributed by atoms with E-state index in [1.165, 1.54) is 12.5 Å². The van der Waals surface area contributed by atoms with E-state index in [0.717, 1.165) is 22.9 Å². The van der Waals surface area contributed by atoms with E-state index >= 15 is 0 Å². The Morgan fingerprint density at radius 3 is 2.46 bits per heavy atom. The number of piperidine rings is 1. The quantitative estimate of drug-likeness (QED) is 0.699. The highest BCUT2D eigenvalue weighted by Crippen LogP contribution is 2.40. The fraction of sp³-hybridized carbons (Fsp3) is 0.400. The molecule has 0 atom stereocenters. The molecule has 148 valence electrons. The minimum absolute atomic E-state index is 0.131. The molecule has 1 amide bonds. The lowest BCUT2D eigenvalue weighted by Crippen LogP contribution is -2.38. The first-order valence-electron chi connectivity index (χ1n) is 9.38. The van der Waals surface area contributed by atoms with Crippen LogP contribution in [0.15, 0.2) is 46.0 Å². The third kappa shape index (κ3) is 3.49. The summed E-state index contributed by atoms with van der Waals surface area (Å²) >= 11 is 3.44. The van der Waals surface area contributed by atoms with Crippen LogP contribution >= 0.6 is 15.9 Å². The molecule has 0 spiro atoms. The second-order valence-corrected chi connectivity index (χ2v) is 10.1. The molecule has 0 saturated carbocycles. The largest absolute Gasteiger partial charge is 0.311 e. The standard InChI is InChI=1S/C20H22BrN3O3S/c1-14(25)24-11-6-17-12-18(21)13-19(20(17)24)28(26,27)23-9-4-16(5-10-23)15-2-7-22-8-3-15/h2-3,7-8,12-13,16H,4-6,9-11H2,1H3. The molecule has 6 nitrogen and oxygen atoms in total. The van der Waals surface area contributed by atoms with Crippen molar-refractivity contribution in [3.8, 4) is 0 Å². The number of nitrogens with zero attached hydrogens (tertiary/aromatic N) is 3. The summed E-state index contributed by atoms with van der Waals surface area (Å²) in [6, 6.07) is 7.54. The molecule has 1 aromatic carbocycles. The third-order valence-corrected chi connectivity index (χ3v) is 7.99. The second kappa shape index (κ2) is 7.57. The number of hydrogen-bond acceptors (Lipinski definition) is 4. The van der Waals surface area contributed by atoms with E-state index in [4.69, 9.17) is 0 Å². The first-order chi connectivity index (χ1) is 13.4. The van der Waals surface area contributed by atoms with Gasteiger partial charge in [0.2, 0.25) is 15.9 Å². The van der Waals surface area contributed by atoms with Gasteiger partial charge < -0.3 is 4.90 Å². The Balaban J connectivity index is 1.63. The number of anilines is 1. The monoisotopic (exact) mass is 463 g/mol. The number of benzene rings is 1. The Morgan fingerprint density at radius 2 is 1.82 bits per heavy atom. The molecule has 0 bridgehead atoms. The Bertz CT molecular complexity index is 1000. The zero-order valence-corrected chi connectivity index (χ0v) is 18.0. The molecule has 28 heavy (non-hydrogen) atoms. The van der Waals surface area contributed by atoms with E-state index < -0.39 is 10.0 Å². The number of hydrogen-bond donors (Lipinski definition) is 0. The molecule has 2 aliphatic heterocycles. The molecule has 1 aromatic heterocycles. The molecular weight excluding hydrogens is 442 g/mol. The Hall–Kier alpha value is -1.77. The van der Waals surface area contributed by atoms with Gasteiger partial charge in [-0.25, -0.2) is 8.42 Å². The first-order valence-corrected chi connectivity index (χ1v) is 11.6. The van der Waals surface area contributed by atoms with Crippen LogP contribution in [0.2, 0.25) is 0 Å². The van der Waals surface area contributed by atoms with Crippen LogP contribution in [0, 0.1) is 0 Å². The first kappa shape index (κ1) is 19.5. The molecular formula is C20H22BrN3O3S. The molecule has 0 radical (unpaired) electrons. The minimum Gasteiger partial charge on any atom is -0.311 e. The van der Waals surface area contributed by atoms with Gasteiger partial charge in [-0.3, -0.25) is 9.78 Å². The lowest BCUT2D eigenvalue weighted by atomic mass is 9.91. The number of aromatic nitrogens is 1. The molecule has 1 saturated heterocycles. The van der Waals surface area contributed by atoms with Crippen LogP contribution in [0.3, 0.4) is 0 Å². The summed E-state index contributed by atoms with van der Waals surface area (Å²) < 4.78 is 29.2. The van der Waals surface area contributed by atoms with Gasteiger partial charge in [-0.2, -0.15) is 4.31 Å². The highest BCUT2D eigenvalue weighted by molar-refractivity contribution is 9.10. The molecule has 1 fully saturated rings. The van der Waals surface area contributed by atoms with Crippen molar-refractivity contribution in [2.24, 2.45) is 0 Å². The summed E-state index contributed by atoms with van der Waals surface area (Å²) in [5.74, 6) is 0.213. The number of carbonyl (C=O) groups excluding carboxylic acids is 1. The molecule has 0 unspecified atom stereocenters. The van der Waals surface area contributed by atoms with Gasteiger partial charge in [0, 0.05) is 43.4 Å². The van der Waals surface area contributed by atoms with Crippen LogP contribution in [0.5, 0.6) is 0 Å². The van der Waals surface area contributed by atoms with Gasteiger partial charge in [0.1, 0.15) is 4.90 Å². The summed E-state index contributed by atoms with van der Waals surface area (Å²) in [6.45, 7) is 2.94. The van der Waals surface area contributed by atoms with Crippen molar-refractivity contribution >= 4 is 37.5 Å². The smallest absolute Gasteiger partial charge is 0.245 e. The fourth-order valence-corrected chi connectivity index (χ4v) is 6.57. The van der Waals surface area contributed by atoms with Crippen molar-refractivity contribution in [2.45, 2.75) is 37.0 Å². The van der Waals surface area contributed by atoms with E-state index in [9.17, 15) is 13.2 Å². The van der Waals surface area contributed by atoms with Crippen LogP contribution in [0.25, 0.3) is 0 Å². The predicted octanol–water partition coefficient (Wildman–Crippen LogP) is 3.32. The molecule has 4 rings (SSSR count). The maximum absolute atomic E-state index is 13.5. The summed E-state index contributed by atoms with van der Waals surface area (Å²) in [6.07, 6.45) is 5.77. The van der Waals surface area contributed by atoms with Gasteiger partial charge in [-0.1, -0.05) is 15.9 Å². The van der Waals surface area contributed by atoms with E-state index in [0.29, 0.717) is 37.7 Å². The average molecular weight is 464 g/mol. The Labute approximate surface area is 173 Å². The zero-order chi connectivity index (χ0) is 19.9. The highest BCUT2D eigenvalue weighted by atomic mass is 79.9. The molecule has 2 aliphatic rings. The SMILES string of the molecule is CC(=O)N1CCc2cc(Br)cc(S(=O)(=O)N3CCC(c4ccncc4)CC3)c21. The number of sulfonamides is 1. The average Bonchev–Trinajstić information content (AvgIpc) is 3.12. The predicted molar refractivity (Wildman–Crippen MR) is 111 cm³/mol. The number of carbonyl (C=O) groups is 1. The van der Waals surface area contributed by atoms with Gasteiger partial charge >= 0.3 is 0 Å². The van der Waals surface area contributed by atoms with E-state index in [1.54, 1.807) is 27.7 Å². The number of amides is 1. The van der Waals surface area contributed by atoms with Gasteiger partial charge in [-0.05, 0) is 60.6 Å². The summed E-state index contributed by atoms with van der Waals surface area (Å²) in [7, 11) is -3.68. The fourth-order valence-electron chi connectivity index (χ4n) is 4.19. The maximum atomic E-state index is 13.5. The number of rotatable bonds is 3. The topological polar surface area (TPSA) is 70.6 Å². The lowest BCUT2D eigenvalue weighted by Gasteiger charge is -2.32. The summed E-state index contributed by atoms with van der Waals surface area (Å²) in [5, 5.41) is 0. The van der Waals surface area contributed by atoms with Crippen LogP contribution < -0.4 is 4.90 Å². The van der Waals surface area contributed by atoms with E-state index in [1.807, 2.05) is 18.2 Å². The molecule has 0 aliphatic carbocycles. The number of pyridine rings is 1. The van der Waals surface area contributed by atoms with Crippen LogP contribution in [-0.2, 0) is 21.2 Å². The van der Waals surface area contributed by atoms with Crippen molar-refractivity contribution < 1.29 is 13.2 Å². The van der Waals surface area contributed by atoms with Crippen molar-refractivity contribution in [3.63, 3.8) is 0 Å². The van der Waals surface area contributed by atoms with Crippen molar-refractivity contribution in [2.75, 3.05) is 24.5 Å². The van der Waals surface area contributed by atoms with Crippen LogP contribution in [0.4, 0.5) is 5.69 Å². The van der Waals surface area contributed by atoms with Crippen LogP contribution in [0.1, 0.15) is 36.8 Å². The summed E-state index contributed by atoms with van der Waals surface area (Å²) in [4.78, 5) is 17.9. The minimum atomic E-state index is -3.68.